The van der Waals surface area contributed by atoms with Crippen LogP contribution in [0.2, 0.25) is 0 Å². The van der Waals surface area contributed by atoms with Crippen LogP contribution >= 0.6 is 0 Å². The van der Waals surface area contributed by atoms with Gasteiger partial charge in [-0.2, -0.15) is 5.26 Å². The van der Waals surface area contributed by atoms with E-state index in [0.29, 0.717) is 5.56 Å². The summed E-state index contributed by atoms with van der Waals surface area (Å²) in [6, 6.07) is 14.2. The normalized spacial score (nSPS) is 11.5. The van der Waals surface area contributed by atoms with E-state index in [1.807, 2.05) is 0 Å². The summed E-state index contributed by atoms with van der Waals surface area (Å²) in [7, 11) is -3.39. The summed E-state index contributed by atoms with van der Waals surface area (Å²) in [6.45, 7) is 0. The Bertz CT molecular complexity index is 1380. The Labute approximate surface area is 192 Å². The van der Waals surface area contributed by atoms with Gasteiger partial charge in [0.05, 0.1) is 22.9 Å². The number of carbonyl (C=O) groups excluding carboxylic acids is 1. The predicted molar refractivity (Wildman–Crippen MR) is 115 cm³/mol. The average molecular weight is 492 g/mol. The van der Waals surface area contributed by atoms with Crippen molar-refractivity contribution in [1.29, 1.82) is 5.26 Å². The molecule has 0 aliphatic heterocycles. The van der Waals surface area contributed by atoms with E-state index in [4.69, 9.17) is 0 Å². The van der Waals surface area contributed by atoms with Crippen molar-refractivity contribution in [2.24, 2.45) is 0 Å². The van der Waals surface area contributed by atoms with Gasteiger partial charge in [0.1, 0.15) is 11.6 Å². The minimum absolute atomic E-state index is 0.0789. The molecule has 0 atom stereocenters. The highest BCUT2D eigenvalue weighted by Crippen LogP contribution is 2.38. The number of alkyl halides is 3. The average Bonchev–Trinajstić information content (AvgIpc) is 2.72. The first kappa shape index (κ1) is 24.7. The molecule has 0 aliphatic carbocycles. The fraction of sp³-hybridized carbons (Fsp3) is 0.130. The molecule has 0 heterocycles. The number of rotatable bonds is 6. The second-order valence-electron chi connectivity index (χ2n) is 7.18. The largest absolute Gasteiger partial charge is 0.573 e. The molecular weight excluding hydrogens is 476 g/mol. The molecule has 3 rings (SSSR count). The smallest absolute Gasteiger partial charge is 0.405 e. The molecule has 1 amide bonds. The second-order valence-corrected chi connectivity index (χ2v) is 9.19. The maximum Gasteiger partial charge on any atom is 0.573 e. The van der Waals surface area contributed by atoms with E-state index in [9.17, 15) is 36.0 Å². The molecule has 0 saturated carbocycles. The Kier molecular flexibility index (Phi) is 6.93. The summed E-state index contributed by atoms with van der Waals surface area (Å²) < 4.78 is 80.1. The molecule has 6 nitrogen and oxygen atoms in total. The highest BCUT2D eigenvalue weighted by Gasteiger charge is 2.32. The highest BCUT2D eigenvalue weighted by molar-refractivity contribution is 7.90. The van der Waals surface area contributed by atoms with E-state index >= 15 is 0 Å². The molecule has 1 N–H and O–H groups in total. The molecule has 0 radical (unpaired) electrons. The van der Waals surface area contributed by atoms with Crippen LogP contribution in [0.25, 0.3) is 11.1 Å². The molecule has 0 aromatic heterocycles. The Morgan fingerprint density at radius 2 is 1.74 bits per heavy atom. The van der Waals surface area contributed by atoms with Gasteiger partial charge in [-0.05, 0) is 35.9 Å². The minimum Gasteiger partial charge on any atom is -0.405 e. The fourth-order valence-electron chi connectivity index (χ4n) is 3.17. The van der Waals surface area contributed by atoms with E-state index in [-0.39, 0.29) is 28.1 Å². The van der Waals surface area contributed by atoms with Gasteiger partial charge in [-0.1, -0.05) is 30.3 Å². The van der Waals surface area contributed by atoms with Crippen LogP contribution < -0.4 is 10.1 Å². The number of halogens is 4. The number of benzene rings is 3. The zero-order valence-electron chi connectivity index (χ0n) is 17.5. The molecule has 0 aliphatic rings. The maximum absolute atomic E-state index is 14.9. The molecule has 34 heavy (non-hydrogen) atoms. The maximum atomic E-state index is 14.9. The first-order valence-corrected chi connectivity index (χ1v) is 11.4. The molecule has 3 aromatic carbocycles. The number of hydrogen-bond acceptors (Lipinski definition) is 5. The zero-order chi connectivity index (χ0) is 25.1. The Morgan fingerprint density at radius 3 is 2.32 bits per heavy atom. The van der Waals surface area contributed by atoms with Crippen molar-refractivity contribution in [1.82, 2.24) is 0 Å². The molecule has 0 unspecified atom stereocenters. The molecular formula is C23H16F4N2O4S. The van der Waals surface area contributed by atoms with E-state index in [2.05, 4.69) is 10.1 Å². The predicted octanol–water partition coefficient (Wildman–Crippen LogP) is 4.85. The molecule has 176 valence electrons. The number of para-hydroxylation sites is 1. The zero-order valence-corrected chi connectivity index (χ0v) is 18.3. The van der Waals surface area contributed by atoms with Crippen LogP contribution in [0, 0.1) is 17.1 Å². The molecule has 0 fully saturated rings. The summed E-state index contributed by atoms with van der Waals surface area (Å²) in [6.07, 6.45) is -4.14. The second kappa shape index (κ2) is 9.52. The molecule has 0 bridgehead atoms. The third-order valence-corrected chi connectivity index (χ3v) is 5.72. The SMILES string of the molecule is CS(=O)(=O)c1ccc(CC(=O)Nc2cc(F)c(-c3ccccc3OC(F)(F)F)c(C#N)c2)cc1. The van der Waals surface area contributed by atoms with E-state index in [1.54, 1.807) is 6.07 Å². The van der Waals surface area contributed by atoms with Gasteiger partial charge in [-0.25, -0.2) is 12.8 Å². The number of carbonyl (C=O) groups is 1. The van der Waals surface area contributed by atoms with Gasteiger partial charge in [0.2, 0.25) is 5.91 Å². The van der Waals surface area contributed by atoms with Crippen LogP contribution in [0.15, 0.2) is 65.6 Å². The summed E-state index contributed by atoms with van der Waals surface area (Å²) in [5.74, 6) is -2.30. The lowest BCUT2D eigenvalue weighted by atomic mass is 9.98. The van der Waals surface area contributed by atoms with Crippen molar-refractivity contribution < 1.29 is 35.5 Å². The van der Waals surface area contributed by atoms with Crippen molar-refractivity contribution in [2.75, 3.05) is 11.6 Å². The van der Waals surface area contributed by atoms with E-state index < -0.39 is 39.2 Å². The summed E-state index contributed by atoms with van der Waals surface area (Å²) >= 11 is 0. The lowest BCUT2D eigenvalue weighted by Gasteiger charge is -2.15. The van der Waals surface area contributed by atoms with Gasteiger partial charge in [0.15, 0.2) is 9.84 Å². The standard InChI is InChI=1S/C23H16F4N2O4S/c1-34(31,32)17-8-6-14(7-9-17)10-21(30)29-16-11-15(13-28)22(19(24)12-16)18-4-2-3-5-20(18)33-23(25,26)27/h2-9,11-12H,10H2,1H3,(H,29,30). The lowest BCUT2D eigenvalue weighted by molar-refractivity contribution is -0.274. The third-order valence-electron chi connectivity index (χ3n) is 4.59. The Hall–Kier alpha value is -3.91. The highest BCUT2D eigenvalue weighted by atomic mass is 32.2. The fourth-order valence-corrected chi connectivity index (χ4v) is 3.80. The Morgan fingerprint density at radius 1 is 1.09 bits per heavy atom. The van der Waals surface area contributed by atoms with Gasteiger partial charge in [0.25, 0.3) is 0 Å². The molecule has 0 spiro atoms. The Balaban J connectivity index is 1.86. The number of sulfone groups is 1. The van der Waals surface area contributed by atoms with Gasteiger partial charge in [0, 0.05) is 23.1 Å². The molecule has 0 saturated heterocycles. The van der Waals surface area contributed by atoms with Gasteiger partial charge >= 0.3 is 6.36 Å². The summed E-state index contributed by atoms with van der Waals surface area (Å²) in [5.41, 5.74) is -0.592. The molecule has 3 aromatic rings. The number of amides is 1. The minimum atomic E-state index is -5.02. The van der Waals surface area contributed by atoms with Gasteiger partial charge in [-0.15, -0.1) is 13.2 Å². The summed E-state index contributed by atoms with van der Waals surface area (Å²) in [4.78, 5) is 12.4. The lowest BCUT2D eigenvalue weighted by Crippen LogP contribution is -2.18. The first-order valence-electron chi connectivity index (χ1n) is 9.55. The van der Waals surface area contributed by atoms with Gasteiger partial charge in [-0.3, -0.25) is 4.79 Å². The van der Waals surface area contributed by atoms with Crippen molar-refractivity contribution >= 4 is 21.4 Å². The number of ether oxygens (including phenoxy) is 1. The van der Waals surface area contributed by atoms with Crippen molar-refractivity contribution in [3.63, 3.8) is 0 Å². The number of hydrogen-bond donors (Lipinski definition) is 1. The van der Waals surface area contributed by atoms with E-state index in [1.165, 1.54) is 42.5 Å². The van der Waals surface area contributed by atoms with Crippen LogP contribution in [0.3, 0.4) is 0 Å². The van der Waals surface area contributed by atoms with Crippen LogP contribution in [-0.2, 0) is 21.1 Å². The monoisotopic (exact) mass is 492 g/mol. The van der Waals surface area contributed by atoms with E-state index in [0.717, 1.165) is 24.5 Å². The number of anilines is 1. The van der Waals surface area contributed by atoms with Crippen LogP contribution in [-0.4, -0.2) is 26.9 Å². The van der Waals surface area contributed by atoms with Crippen molar-refractivity contribution in [3.05, 3.63) is 77.6 Å². The van der Waals surface area contributed by atoms with Crippen molar-refractivity contribution in [3.8, 4) is 22.9 Å². The number of nitriles is 1. The summed E-state index contributed by atoms with van der Waals surface area (Å²) in [5, 5.41) is 11.9. The first-order chi connectivity index (χ1) is 15.9. The number of nitrogens with zero attached hydrogens (tertiary/aromatic N) is 1. The number of nitrogens with one attached hydrogen (secondary N) is 1. The van der Waals surface area contributed by atoms with Crippen LogP contribution in [0.1, 0.15) is 11.1 Å². The third kappa shape index (κ3) is 6.11. The quantitative estimate of drug-likeness (QED) is 0.497. The molecule has 11 heteroatoms. The van der Waals surface area contributed by atoms with Crippen LogP contribution in [0.4, 0.5) is 23.2 Å². The van der Waals surface area contributed by atoms with Crippen molar-refractivity contribution in [2.45, 2.75) is 17.7 Å². The van der Waals surface area contributed by atoms with Gasteiger partial charge < -0.3 is 10.1 Å². The van der Waals surface area contributed by atoms with Crippen LogP contribution in [0.5, 0.6) is 5.75 Å². The topological polar surface area (TPSA) is 96.3 Å².